The van der Waals surface area contributed by atoms with E-state index in [-0.39, 0.29) is 5.56 Å². The van der Waals surface area contributed by atoms with E-state index in [9.17, 15) is 9.59 Å². The van der Waals surface area contributed by atoms with Crippen LogP contribution in [0.2, 0.25) is 5.02 Å². The SMILES string of the molecule is CCOc1cc(C(=O)O[C@H](C)C(=O)Nc2cccc(Cl)c2)ccc1OC. The van der Waals surface area contributed by atoms with Crippen LogP contribution in [0.3, 0.4) is 0 Å². The lowest BCUT2D eigenvalue weighted by atomic mass is 10.2. The molecule has 0 aliphatic rings. The van der Waals surface area contributed by atoms with E-state index in [2.05, 4.69) is 5.32 Å². The van der Waals surface area contributed by atoms with E-state index in [0.29, 0.717) is 28.8 Å². The first-order valence-corrected chi connectivity index (χ1v) is 8.40. The molecule has 0 bridgehead atoms. The maximum absolute atomic E-state index is 12.3. The molecule has 0 aliphatic carbocycles. The van der Waals surface area contributed by atoms with Crippen molar-refractivity contribution in [2.75, 3.05) is 19.0 Å². The summed E-state index contributed by atoms with van der Waals surface area (Å²) in [6.45, 7) is 3.74. The van der Waals surface area contributed by atoms with E-state index in [4.69, 9.17) is 25.8 Å². The third-order valence-corrected chi connectivity index (χ3v) is 3.68. The second-order valence-corrected chi connectivity index (χ2v) is 5.78. The standard InChI is InChI=1S/C19H20ClNO5/c1-4-25-17-10-13(8-9-16(17)24-3)19(23)26-12(2)18(22)21-15-7-5-6-14(20)11-15/h5-12H,4H2,1-3H3,(H,21,22)/t12-/m1/s1. The van der Waals surface area contributed by atoms with Crippen LogP contribution < -0.4 is 14.8 Å². The van der Waals surface area contributed by atoms with Gasteiger partial charge in [0.05, 0.1) is 19.3 Å². The van der Waals surface area contributed by atoms with Crippen LogP contribution in [0.1, 0.15) is 24.2 Å². The molecular formula is C19H20ClNO5. The van der Waals surface area contributed by atoms with Gasteiger partial charge in [0.25, 0.3) is 5.91 Å². The normalized spacial score (nSPS) is 11.4. The molecule has 0 spiro atoms. The zero-order valence-corrected chi connectivity index (χ0v) is 15.5. The van der Waals surface area contributed by atoms with Crippen LogP contribution in [0.15, 0.2) is 42.5 Å². The van der Waals surface area contributed by atoms with Gasteiger partial charge >= 0.3 is 5.97 Å². The van der Waals surface area contributed by atoms with Crippen molar-refractivity contribution in [2.24, 2.45) is 0 Å². The molecule has 6 nitrogen and oxygen atoms in total. The number of halogens is 1. The Labute approximate surface area is 157 Å². The van der Waals surface area contributed by atoms with Crippen molar-refractivity contribution in [3.8, 4) is 11.5 Å². The predicted octanol–water partition coefficient (Wildman–Crippen LogP) is 3.93. The molecule has 0 saturated heterocycles. The third kappa shape index (κ3) is 5.13. The van der Waals surface area contributed by atoms with Crippen LogP contribution in [-0.2, 0) is 9.53 Å². The van der Waals surface area contributed by atoms with Gasteiger partial charge in [0.15, 0.2) is 17.6 Å². The fourth-order valence-electron chi connectivity index (χ4n) is 2.16. The zero-order valence-electron chi connectivity index (χ0n) is 14.7. The molecular weight excluding hydrogens is 358 g/mol. The Morgan fingerprint density at radius 2 is 1.92 bits per heavy atom. The van der Waals surface area contributed by atoms with Gasteiger partial charge in [-0.2, -0.15) is 0 Å². The smallest absolute Gasteiger partial charge is 0.339 e. The van der Waals surface area contributed by atoms with Crippen molar-refractivity contribution < 1.29 is 23.8 Å². The number of benzene rings is 2. The molecule has 0 unspecified atom stereocenters. The van der Waals surface area contributed by atoms with E-state index in [1.807, 2.05) is 6.92 Å². The van der Waals surface area contributed by atoms with E-state index in [1.54, 1.807) is 36.4 Å². The van der Waals surface area contributed by atoms with E-state index >= 15 is 0 Å². The average Bonchev–Trinajstić information content (AvgIpc) is 2.61. The number of rotatable bonds is 7. The first-order valence-electron chi connectivity index (χ1n) is 8.02. The lowest BCUT2D eigenvalue weighted by Crippen LogP contribution is -2.30. The molecule has 2 aromatic carbocycles. The molecule has 2 aromatic rings. The third-order valence-electron chi connectivity index (χ3n) is 3.44. The monoisotopic (exact) mass is 377 g/mol. The van der Waals surface area contributed by atoms with Crippen molar-refractivity contribution in [1.29, 1.82) is 0 Å². The molecule has 2 rings (SSSR count). The lowest BCUT2D eigenvalue weighted by molar-refractivity contribution is -0.123. The highest BCUT2D eigenvalue weighted by Crippen LogP contribution is 2.28. The van der Waals surface area contributed by atoms with Gasteiger partial charge in [-0.25, -0.2) is 4.79 Å². The second kappa shape index (κ2) is 9.10. The Bertz CT molecular complexity index is 793. The minimum Gasteiger partial charge on any atom is -0.493 e. The largest absolute Gasteiger partial charge is 0.493 e. The summed E-state index contributed by atoms with van der Waals surface area (Å²) in [7, 11) is 1.51. The summed E-state index contributed by atoms with van der Waals surface area (Å²) in [6.07, 6.45) is -0.987. The van der Waals surface area contributed by atoms with Crippen LogP contribution in [0.5, 0.6) is 11.5 Å². The Hall–Kier alpha value is -2.73. The summed E-state index contributed by atoms with van der Waals surface area (Å²) in [4.78, 5) is 24.5. The number of hydrogen-bond donors (Lipinski definition) is 1. The molecule has 0 fully saturated rings. The highest BCUT2D eigenvalue weighted by atomic mass is 35.5. The highest BCUT2D eigenvalue weighted by molar-refractivity contribution is 6.30. The van der Waals surface area contributed by atoms with Crippen LogP contribution in [0.25, 0.3) is 0 Å². The quantitative estimate of drug-likeness (QED) is 0.740. The Morgan fingerprint density at radius 3 is 2.58 bits per heavy atom. The van der Waals surface area contributed by atoms with E-state index in [1.165, 1.54) is 20.1 Å². The maximum Gasteiger partial charge on any atom is 0.339 e. The predicted molar refractivity (Wildman–Crippen MR) is 99.1 cm³/mol. The summed E-state index contributed by atoms with van der Waals surface area (Å²) in [6, 6.07) is 11.4. The summed E-state index contributed by atoms with van der Waals surface area (Å²) in [5, 5.41) is 3.14. The van der Waals surface area contributed by atoms with Crippen molar-refractivity contribution in [1.82, 2.24) is 0 Å². The van der Waals surface area contributed by atoms with Gasteiger partial charge in [0, 0.05) is 10.7 Å². The van der Waals surface area contributed by atoms with Crippen molar-refractivity contribution in [2.45, 2.75) is 20.0 Å². The van der Waals surface area contributed by atoms with Gasteiger partial charge in [-0.1, -0.05) is 17.7 Å². The van der Waals surface area contributed by atoms with Crippen molar-refractivity contribution in [3.05, 3.63) is 53.1 Å². The highest BCUT2D eigenvalue weighted by Gasteiger charge is 2.20. The number of carbonyl (C=O) groups excluding carboxylic acids is 2. The molecule has 26 heavy (non-hydrogen) atoms. The van der Waals surface area contributed by atoms with Crippen LogP contribution in [0.4, 0.5) is 5.69 Å². The van der Waals surface area contributed by atoms with Crippen molar-refractivity contribution in [3.63, 3.8) is 0 Å². The summed E-state index contributed by atoms with van der Waals surface area (Å²) in [5.41, 5.74) is 0.783. The summed E-state index contributed by atoms with van der Waals surface area (Å²) >= 11 is 5.88. The molecule has 1 atom stereocenters. The molecule has 0 aliphatic heterocycles. The molecule has 0 saturated carbocycles. The van der Waals surface area contributed by atoms with Crippen LogP contribution in [0, 0.1) is 0 Å². The van der Waals surface area contributed by atoms with Gasteiger partial charge in [0.1, 0.15) is 0 Å². The molecule has 0 radical (unpaired) electrons. The lowest BCUT2D eigenvalue weighted by Gasteiger charge is -2.15. The van der Waals surface area contributed by atoms with Gasteiger partial charge in [-0.15, -0.1) is 0 Å². The fraction of sp³-hybridized carbons (Fsp3) is 0.263. The Balaban J connectivity index is 2.04. The number of nitrogens with one attached hydrogen (secondary N) is 1. The summed E-state index contributed by atoms with van der Waals surface area (Å²) in [5.74, 6) is -0.155. The Morgan fingerprint density at radius 1 is 1.15 bits per heavy atom. The molecule has 0 heterocycles. The fourth-order valence-corrected chi connectivity index (χ4v) is 2.35. The van der Waals surface area contributed by atoms with E-state index in [0.717, 1.165) is 0 Å². The minimum atomic E-state index is -0.987. The van der Waals surface area contributed by atoms with Crippen LogP contribution in [-0.4, -0.2) is 31.7 Å². The molecule has 1 amide bonds. The van der Waals surface area contributed by atoms with Crippen LogP contribution >= 0.6 is 11.6 Å². The number of methoxy groups -OCH3 is 1. The number of amides is 1. The first kappa shape index (κ1) is 19.6. The molecule has 138 valence electrons. The number of ether oxygens (including phenoxy) is 3. The topological polar surface area (TPSA) is 73.9 Å². The maximum atomic E-state index is 12.3. The molecule has 1 N–H and O–H groups in total. The molecule has 0 aromatic heterocycles. The average molecular weight is 378 g/mol. The minimum absolute atomic E-state index is 0.261. The first-order chi connectivity index (χ1) is 12.4. The van der Waals surface area contributed by atoms with E-state index < -0.39 is 18.0 Å². The van der Waals surface area contributed by atoms with Gasteiger partial charge in [0.2, 0.25) is 0 Å². The van der Waals surface area contributed by atoms with Gasteiger partial charge < -0.3 is 19.5 Å². The Kier molecular flexibility index (Phi) is 6.86. The van der Waals surface area contributed by atoms with Gasteiger partial charge in [-0.3, -0.25) is 4.79 Å². The zero-order chi connectivity index (χ0) is 19.1. The molecule has 7 heteroatoms. The number of anilines is 1. The second-order valence-electron chi connectivity index (χ2n) is 5.35. The number of hydrogen-bond acceptors (Lipinski definition) is 5. The van der Waals surface area contributed by atoms with Gasteiger partial charge in [-0.05, 0) is 50.2 Å². The van der Waals surface area contributed by atoms with Crippen molar-refractivity contribution >= 4 is 29.2 Å². The number of carbonyl (C=O) groups is 2. The summed E-state index contributed by atoms with van der Waals surface area (Å²) < 4.78 is 15.8. The number of esters is 1.